The number of carboxylic acid groups (broad SMARTS) is 1. The molecular formula is C25H30N4O4. The topological polar surface area (TPSA) is 114 Å². The molecule has 1 atom stereocenters. The number of hydrogen-bond donors (Lipinski definition) is 3. The molecule has 0 aliphatic carbocycles. The molecule has 5 rings (SSSR count). The van der Waals surface area contributed by atoms with Crippen molar-refractivity contribution < 1.29 is 19.4 Å². The average molecular weight is 451 g/mol. The van der Waals surface area contributed by atoms with E-state index >= 15 is 0 Å². The Morgan fingerprint density at radius 2 is 1.70 bits per heavy atom. The van der Waals surface area contributed by atoms with E-state index in [0.717, 1.165) is 49.2 Å². The fourth-order valence-corrected chi connectivity index (χ4v) is 4.92. The first-order valence-corrected chi connectivity index (χ1v) is 11.6. The predicted octanol–water partition coefficient (Wildman–Crippen LogP) is 2.04. The second kappa shape index (κ2) is 9.13. The molecule has 0 bridgehead atoms. The Kier molecular flexibility index (Phi) is 6.05. The minimum atomic E-state index is -0.863. The Balaban J connectivity index is 1.29. The van der Waals surface area contributed by atoms with Gasteiger partial charge in [0.1, 0.15) is 24.1 Å². The van der Waals surface area contributed by atoms with Crippen LogP contribution in [-0.4, -0.2) is 58.8 Å². The van der Waals surface area contributed by atoms with E-state index in [-0.39, 0.29) is 18.3 Å². The summed E-state index contributed by atoms with van der Waals surface area (Å²) in [5, 5.41) is 10.0. The fourth-order valence-electron chi connectivity index (χ4n) is 4.92. The van der Waals surface area contributed by atoms with Gasteiger partial charge in [-0.2, -0.15) is 0 Å². The molecule has 3 N–H and O–H groups in total. The number of carbonyl (C=O) groups is 2. The number of ether oxygens (including phenoxy) is 1. The van der Waals surface area contributed by atoms with Gasteiger partial charge in [-0.1, -0.05) is 30.3 Å². The number of aliphatic carboxylic acids is 1. The fraction of sp³-hybridized carbons (Fsp3) is 0.440. The molecule has 1 amide bonds. The number of carbonyl (C=O) groups excluding carboxylic acids is 1. The third-order valence-electron chi connectivity index (χ3n) is 6.89. The molecule has 2 fully saturated rings. The second-order valence-electron chi connectivity index (χ2n) is 9.10. The van der Waals surface area contributed by atoms with Crippen LogP contribution in [0, 0.1) is 0 Å². The van der Waals surface area contributed by atoms with Crippen LogP contribution in [-0.2, 0) is 22.6 Å². The van der Waals surface area contributed by atoms with Gasteiger partial charge in [-0.3, -0.25) is 14.5 Å². The molecular weight excluding hydrogens is 420 g/mol. The standard InChI is InChI=1S/C25H30N4O4/c1-16(30)28-12-9-22(10-13-28)33-21-6-4-18(5-7-21)23(24(31)32)19-3-2-17-8-11-29(25-26-27-25)15-20(17)14-19/h2-7,14,22-23,25-27H,8-13,15H2,1H3,(H,31,32). The number of carboxylic acids is 1. The molecule has 3 heterocycles. The van der Waals surface area contributed by atoms with Crippen molar-refractivity contribution in [2.75, 3.05) is 19.6 Å². The zero-order valence-corrected chi connectivity index (χ0v) is 18.8. The lowest BCUT2D eigenvalue weighted by Crippen LogP contribution is -2.40. The summed E-state index contributed by atoms with van der Waals surface area (Å²) in [6.07, 6.45) is 2.86. The summed E-state index contributed by atoms with van der Waals surface area (Å²) in [5.41, 5.74) is 10.2. The van der Waals surface area contributed by atoms with Gasteiger partial charge in [-0.05, 0) is 40.8 Å². The number of nitrogens with zero attached hydrogens (tertiary/aromatic N) is 2. The Labute approximate surface area is 193 Å². The van der Waals surface area contributed by atoms with Crippen molar-refractivity contribution in [3.8, 4) is 5.75 Å². The number of likely N-dealkylation sites (tertiary alicyclic amines) is 1. The molecule has 2 saturated heterocycles. The lowest BCUT2D eigenvalue weighted by molar-refractivity contribution is -0.137. The molecule has 8 heteroatoms. The minimum Gasteiger partial charge on any atom is -0.490 e. The molecule has 8 nitrogen and oxygen atoms in total. The minimum absolute atomic E-state index is 0.0701. The lowest BCUT2D eigenvalue weighted by Gasteiger charge is -2.31. The number of hydrazine groups is 1. The molecule has 0 aromatic heterocycles. The van der Waals surface area contributed by atoms with Gasteiger partial charge >= 0.3 is 5.97 Å². The number of nitrogens with one attached hydrogen (secondary N) is 2. The maximum Gasteiger partial charge on any atom is 0.315 e. The first kappa shape index (κ1) is 21.9. The number of fused-ring (bicyclic) bond motifs is 1. The zero-order chi connectivity index (χ0) is 22.9. The van der Waals surface area contributed by atoms with E-state index in [1.165, 1.54) is 11.1 Å². The number of benzene rings is 2. The van der Waals surface area contributed by atoms with Crippen LogP contribution in [0.3, 0.4) is 0 Å². The quantitative estimate of drug-likeness (QED) is 0.577. The summed E-state index contributed by atoms with van der Waals surface area (Å²) < 4.78 is 6.10. The highest BCUT2D eigenvalue weighted by atomic mass is 16.5. The highest BCUT2D eigenvalue weighted by Crippen LogP contribution is 2.31. The summed E-state index contributed by atoms with van der Waals surface area (Å²) in [7, 11) is 0. The first-order chi connectivity index (χ1) is 16.0. The molecule has 2 aromatic rings. The molecule has 3 aliphatic heterocycles. The largest absolute Gasteiger partial charge is 0.490 e. The van der Waals surface area contributed by atoms with Crippen LogP contribution in [0.4, 0.5) is 0 Å². The third kappa shape index (κ3) is 4.88. The van der Waals surface area contributed by atoms with Gasteiger partial charge in [-0.25, -0.2) is 10.9 Å². The number of hydrogen-bond acceptors (Lipinski definition) is 6. The maximum atomic E-state index is 12.2. The van der Waals surface area contributed by atoms with Crippen molar-refractivity contribution in [2.24, 2.45) is 0 Å². The SMILES string of the molecule is CC(=O)N1CCC(Oc2ccc(C(C(=O)O)c3ccc4c(c3)CN(C3NN3)CC4)cc2)CC1. The van der Waals surface area contributed by atoms with Crippen LogP contribution in [0.25, 0.3) is 0 Å². The van der Waals surface area contributed by atoms with E-state index < -0.39 is 11.9 Å². The van der Waals surface area contributed by atoms with Gasteiger partial charge in [0.15, 0.2) is 0 Å². The first-order valence-electron chi connectivity index (χ1n) is 11.6. The van der Waals surface area contributed by atoms with E-state index in [1.807, 2.05) is 35.2 Å². The van der Waals surface area contributed by atoms with E-state index in [9.17, 15) is 14.7 Å². The summed E-state index contributed by atoms with van der Waals surface area (Å²) in [6.45, 7) is 4.80. The molecule has 0 radical (unpaired) electrons. The molecule has 2 aromatic carbocycles. The number of amides is 1. The van der Waals surface area contributed by atoms with E-state index in [4.69, 9.17) is 4.74 Å². The van der Waals surface area contributed by atoms with Gasteiger partial charge in [0.05, 0.1) is 0 Å². The maximum absolute atomic E-state index is 12.2. The van der Waals surface area contributed by atoms with Crippen molar-refractivity contribution in [2.45, 2.75) is 51.0 Å². The monoisotopic (exact) mass is 450 g/mol. The third-order valence-corrected chi connectivity index (χ3v) is 6.89. The van der Waals surface area contributed by atoms with Crippen LogP contribution < -0.4 is 15.6 Å². The highest BCUT2D eigenvalue weighted by Gasteiger charge is 2.31. The van der Waals surface area contributed by atoms with E-state index in [1.54, 1.807) is 6.92 Å². The Morgan fingerprint density at radius 1 is 1.00 bits per heavy atom. The van der Waals surface area contributed by atoms with Crippen LogP contribution in [0.2, 0.25) is 0 Å². The van der Waals surface area contributed by atoms with E-state index in [0.29, 0.717) is 13.1 Å². The van der Waals surface area contributed by atoms with Crippen LogP contribution in [0.1, 0.15) is 47.9 Å². The van der Waals surface area contributed by atoms with E-state index in [2.05, 4.69) is 27.9 Å². The van der Waals surface area contributed by atoms with Gasteiger partial charge in [0.2, 0.25) is 5.91 Å². The molecule has 174 valence electrons. The summed E-state index contributed by atoms with van der Waals surface area (Å²) in [4.78, 5) is 27.9. The average Bonchev–Trinajstić information content (AvgIpc) is 3.66. The molecule has 0 spiro atoms. The predicted molar refractivity (Wildman–Crippen MR) is 122 cm³/mol. The van der Waals surface area contributed by atoms with Crippen LogP contribution in [0.5, 0.6) is 5.75 Å². The van der Waals surface area contributed by atoms with Crippen LogP contribution >= 0.6 is 0 Å². The van der Waals surface area contributed by atoms with Gasteiger partial charge in [0.25, 0.3) is 0 Å². The van der Waals surface area contributed by atoms with Gasteiger partial charge < -0.3 is 14.7 Å². The van der Waals surface area contributed by atoms with Gasteiger partial charge in [0, 0.05) is 45.9 Å². The molecule has 0 saturated carbocycles. The van der Waals surface area contributed by atoms with Crippen LogP contribution in [0.15, 0.2) is 42.5 Å². The summed E-state index contributed by atoms with van der Waals surface area (Å²) in [5.74, 6) is -0.753. The highest BCUT2D eigenvalue weighted by molar-refractivity contribution is 5.80. The summed E-state index contributed by atoms with van der Waals surface area (Å²) >= 11 is 0. The molecule has 1 unspecified atom stereocenters. The Morgan fingerprint density at radius 3 is 2.33 bits per heavy atom. The van der Waals surface area contributed by atoms with Crippen molar-refractivity contribution >= 4 is 11.9 Å². The van der Waals surface area contributed by atoms with Crippen molar-refractivity contribution in [3.63, 3.8) is 0 Å². The lowest BCUT2D eigenvalue weighted by atomic mass is 9.87. The summed E-state index contributed by atoms with van der Waals surface area (Å²) in [6, 6.07) is 13.5. The van der Waals surface area contributed by atoms with Crippen molar-refractivity contribution in [1.29, 1.82) is 0 Å². The smallest absolute Gasteiger partial charge is 0.315 e. The number of rotatable bonds is 6. The normalized spacial score (nSPS) is 20.2. The second-order valence-corrected chi connectivity index (χ2v) is 9.10. The zero-order valence-electron chi connectivity index (χ0n) is 18.8. The van der Waals surface area contributed by atoms with Crippen molar-refractivity contribution in [3.05, 3.63) is 64.7 Å². The van der Waals surface area contributed by atoms with Crippen molar-refractivity contribution in [1.82, 2.24) is 20.7 Å². The molecule has 3 aliphatic rings. The Hall–Kier alpha value is -2.94. The van der Waals surface area contributed by atoms with Gasteiger partial charge in [-0.15, -0.1) is 0 Å². The molecule has 33 heavy (non-hydrogen) atoms. The Bertz CT molecular complexity index is 1030. The number of piperidine rings is 1.